The summed E-state index contributed by atoms with van der Waals surface area (Å²) in [6.45, 7) is 2.25. The third kappa shape index (κ3) is 2.45. The number of hydrogen-bond acceptors (Lipinski definition) is 5. The molecule has 0 bridgehead atoms. The van der Waals surface area contributed by atoms with Crippen LogP contribution in [0.25, 0.3) is 33.7 Å². The van der Waals surface area contributed by atoms with Crippen molar-refractivity contribution in [3.63, 3.8) is 0 Å². The number of hydrogen-bond donors (Lipinski definition) is 1. The maximum atomic E-state index is 13.4. The van der Waals surface area contributed by atoms with Crippen molar-refractivity contribution in [1.29, 1.82) is 0 Å². The Balaban J connectivity index is 1.94. The van der Waals surface area contributed by atoms with E-state index < -0.39 is 11.4 Å². The van der Waals surface area contributed by atoms with E-state index in [9.17, 15) is 14.3 Å². The van der Waals surface area contributed by atoms with Crippen molar-refractivity contribution >= 4 is 10.9 Å². The van der Waals surface area contributed by atoms with Crippen molar-refractivity contribution in [1.82, 2.24) is 14.7 Å². The van der Waals surface area contributed by atoms with Gasteiger partial charge >= 0.3 is 0 Å². The van der Waals surface area contributed by atoms with Gasteiger partial charge in [0.25, 0.3) is 11.4 Å². The number of aromatic hydroxyl groups is 1. The first-order valence-electron chi connectivity index (χ1n) is 8.04. The lowest BCUT2D eigenvalue weighted by Gasteiger charge is -2.11. The molecule has 1 N–H and O–H groups in total. The summed E-state index contributed by atoms with van der Waals surface area (Å²) in [5.74, 6) is -0.630. The summed E-state index contributed by atoms with van der Waals surface area (Å²) in [6, 6.07) is 12.8. The molecule has 2 aromatic heterocycles. The lowest BCUT2D eigenvalue weighted by atomic mass is 10.1. The number of pyridine rings is 1. The number of para-hydroxylation sites is 1. The molecule has 2 aromatic carbocycles. The highest BCUT2D eigenvalue weighted by molar-refractivity contribution is 5.90. The van der Waals surface area contributed by atoms with Gasteiger partial charge in [-0.3, -0.25) is 4.79 Å². The maximum absolute atomic E-state index is 13.4. The molecule has 0 aliphatic heterocycles. The summed E-state index contributed by atoms with van der Waals surface area (Å²) in [5.41, 5.74) is 0.529. The van der Waals surface area contributed by atoms with Crippen molar-refractivity contribution in [3.8, 4) is 28.6 Å². The largest absolute Gasteiger partial charge is 0.506 e. The van der Waals surface area contributed by atoms with E-state index in [0.29, 0.717) is 23.0 Å². The predicted molar refractivity (Wildman–Crippen MR) is 94.2 cm³/mol. The predicted octanol–water partition coefficient (Wildman–Crippen LogP) is 3.58. The van der Waals surface area contributed by atoms with Crippen LogP contribution in [0.1, 0.15) is 6.92 Å². The summed E-state index contributed by atoms with van der Waals surface area (Å²) in [6.07, 6.45) is 0. The molecule has 0 aliphatic rings. The van der Waals surface area contributed by atoms with E-state index >= 15 is 0 Å². The molecule has 130 valence electrons. The van der Waals surface area contributed by atoms with E-state index in [0.717, 1.165) is 0 Å². The molecule has 4 aromatic rings. The lowest BCUT2D eigenvalue weighted by Crippen LogP contribution is -2.21. The summed E-state index contributed by atoms with van der Waals surface area (Å²) in [5, 5.41) is 14.9. The molecule has 0 saturated carbocycles. The van der Waals surface area contributed by atoms with Crippen LogP contribution >= 0.6 is 0 Å². The fourth-order valence-electron chi connectivity index (χ4n) is 2.97. The van der Waals surface area contributed by atoms with Crippen LogP contribution in [0.5, 0.6) is 5.75 Å². The van der Waals surface area contributed by atoms with Gasteiger partial charge in [-0.1, -0.05) is 29.4 Å². The molecule has 0 saturated heterocycles. The van der Waals surface area contributed by atoms with E-state index in [1.807, 2.05) is 6.92 Å². The molecule has 7 heteroatoms. The van der Waals surface area contributed by atoms with Gasteiger partial charge in [0.05, 0.1) is 5.52 Å². The molecule has 0 aliphatic carbocycles. The Labute approximate surface area is 147 Å². The number of benzene rings is 2. The normalized spacial score (nSPS) is 11.2. The van der Waals surface area contributed by atoms with Crippen LogP contribution in [0.2, 0.25) is 0 Å². The second-order valence-electron chi connectivity index (χ2n) is 5.72. The zero-order valence-corrected chi connectivity index (χ0v) is 13.8. The number of fused-ring (bicyclic) bond motifs is 1. The van der Waals surface area contributed by atoms with E-state index in [2.05, 4.69) is 10.1 Å². The van der Waals surface area contributed by atoms with Crippen LogP contribution in [0, 0.1) is 5.82 Å². The number of rotatable bonds is 3. The average molecular weight is 351 g/mol. The van der Waals surface area contributed by atoms with Crippen molar-refractivity contribution in [2.45, 2.75) is 13.5 Å². The molecule has 0 atom stereocenters. The minimum Gasteiger partial charge on any atom is -0.506 e. The van der Waals surface area contributed by atoms with Gasteiger partial charge in [-0.05, 0) is 31.2 Å². The molecular formula is C19H14FN3O3. The van der Waals surface area contributed by atoms with Crippen molar-refractivity contribution in [2.75, 3.05) is 0 Å². The van der Waals surface area contributed by atoms with Gasteiger partial charge in [-0.25, -0.2) is 4.39 Å². The molecular weight excluding hydrogens is 337 g/mol. The van der Waals surface area contributed by atoms with Crippen LogP contribution in [0.4, 0.5) is 4.39 Å². The second kappa shape index (κ2) is 6.11. The molecule has 4 rings (SSSR count). The molecule has 6 nitrogen and oxygen atoms in total. The summed E-state index contributed by atoms with van der Waals surface area (Å²) < 4.78 is 20.1. The summed E-state index contributed by atoms with van der Waals surface area (Å²) in [4.78, 5) is 17.0. The van der Waals surface area contributed by atoms with Crippen molar-refractivity contribution in [2.24, 2.45) is 0 Å². The highest BCUT2D eigenvalue weighted by Gasteiger charge is 2.22. The molecule has 26 heavy (non-hydrogen) atoms. The maximum Gasteiger partial charge on any atom is 0.267 e. The first kappa shape index (κ1) is 16.0. The highest BCUT2D eigenvalue weighted by Crippen LogP contribution is 2.33. The van der Waals surface area contributed by atoms with E-state index in [1.165, 1.54) is 22.8 Å². The number of halogens is 1. The Morgan fingerprint density at radius 3 is 2.77 bits per heavy atom. The molecule has 0 fully saturated rings. The zero-order valence-electron chi connectivity index (χ0n) is 13.8. The van der Waals surface area contributed by atoms with Gasteiger partial charge in [0.2, 0.25) is 5.82 Å². The number of aromatic nitrogens is 3. The first-order valence-corrected chi connectivity index (χ1v) is 8.04. The average Bonchev–Trinajstić information content (AvgIpc) is 3.12. The zero-order chi connectivity index (χ0) is 18.3. The number of nitrogens with zero attached hydrogens (tertiary/aromatic N) is 3. The van der Waals surface area contributed by atoms with Gasteiger partial charge in [-0.2, -0.15) is 4.98 Å². The van der Waals surface area contributed by atoms with E-state index in [4.69, 9.17) is 4.52 Å². The van der Waals surface area contributed by atoms with Gasteiger partial charge in [0.15, 0.2) is 0 Å². The smallest absolute Gasteiger partial charge is 0.267 e. The fraction of sp³-hybridized carbons (Fsp3) is 0.105. The Morgan fingerprint density at radius 2 is 2.00 bits per heavy atom. The quantitative estimate of drug-likeness (QED) is 0.610. The lowest BCUT2D eigenvalue weighted by molar-refractivity contribution is 0.425. The van der Waals surface area contributed by atoms with E-state index in [-0.39, 0.29) is 23.0 Å². The monoisotopic (exact) mass is 351 g/mol. The van der Waals surface area contributed by atoms with Crippen LogP contribution in [-0.4, -0.2) is 19.8 Å². The third-order valence-corrected chi connectivity index (χ3v) is 4.18. The molecule has 0 amide bonds. The van der Waals surface area contributed by atoms with Crippen LogP contribution < -0.4 is 5.56 Å². The van der Waals surface area contributed by atoms with Crippen LogP contribution in [0.15, 0.2) is 57.8 Å². The first-order chi connectivity index (χ1) is 12.6. The van der Waals surface area contributed by atoms with Gasteiger partial charge < -0.3 is 14.2 Å². The van der Waals surface area contributed by atoms with E-state index in [1.54, 1.807) is 30.3 Å². The Bertz CT molecular complexity index is 1180. The fourth-order valence-corrected chi connectivity index (χ4v) is 2.97. The standard InChI is InChI=1S/C19H14FN3O3/c1-2-23-14-9-4-3-8-13(14)16(24)15(19(23)25)18-21-17(22-26-18)11-6-5-7-12(20)10-11/h3-10,24H,2H2,1H3. The third-order valence-electron chi connectivity index (χ3n) is 4.18. The second-order valence-corrected chi connectivity index (χ2v) is 5.72. The van der Waals surface area contributed by atoms with Gasteiger partial charge in [-0.15, -0.1) is 0 Å². The van der Waals surface area contributed by atoms with Crippen LogP contribution in [-0.2, 0) is 6.54 Å². The molecule has 0 radical (unpaired) electrons. The summed E-state index contributed by atoms with van der Waals surface area (Å²) in [7, 11) is 0. The minimum atomic E-state index is -0.434. The van der Waals surface area contributed by atoms with Crippen molar-refractivity contribution in [3.05, 3.63) is 64.7 Å². The molecule has 0 unspecified atom stereocenters. The van der Waals surface area contributed by atoms with Crippen LogP contribution in [0.3, 0.4) is 0 Å². The van der Waals surface area contributed by atoms with Crippen molar-refractivity contribution < 1.29 is 14.0 Å². The minimum absolute atomic E-state index is 0.0688. The Hall–Kier alpha value is -3.48. The van der Waals surface area contributed by atoms with Gasteiger partial charge in [0, 0.05) is 17.5 Å². The topological polar surface area (TPSA) is 81.2 Å². The number of aryl methyl sites for hydroxylation is 1. The Kier molecular flexibility index (Phi) is 3.76. The summed E-state index contributed by atoms with van der Waals surface area (Å²) >= 11 is 0. The highest BCUT2D eigenvalue weighted by atomic mass is 19.1. The SMILES string of the molecule is CCn1c(=O)c(-c2nc(-c3cccc(F)c3)no2)c(O)c2ccccc21. The van der Waals surface area contributed by atoms with Gasteiger partial charge in [0.1, 0.15) is 17.1 Å². The molecule has 0 spiro atoms. The molecule has 2 heterocycles. The Morgan fingerprint density at radius 1 is 1.19 bits per heavy atom.